The molecule has 0 aromatic heterocycles. The Morgan fingerprint density at radius 2 is 1.93 bits per heavy atom. The summed E-state index contributed by atoms with van der Waals surface area (Å²) < 4.78 is 10.8. The number of nitrogens with zero attached hydrogens (tertiary/aromatic N) is 3. The van der Waals surface area contributed by atoms with E-state index in [4.69, 9.17) is 20.0 Å². The lowest BCUT2D eigenvalue weighted by molar-refractivity contribution is -0.134. The number of nitriles is 2. The molecule has 1 unspecified atom stereocenters. The number of benzene rings is 1. The molecule has 0 spiro atoms. The Morgan fingerprint density at radius 3 is 2.57 bits per heavy atom. The van der Waals surface area contributed by atoms with Gasteiger partial charge in [-0.15, -0.1) is 11.8 Å². The van der Waals surface area contributed by atoms with Crippen molar-refractivity contribution in [2.24, 2.45) is 0 Å². The van der Waals surface area contributed by atoms with Crippen molar-refractivity contribution in [1.82, 2.24) is 4.90 Å². The standard InChI is InChI=1S/C20H23N3O4S/c21-9-4-11-23(12-5-10-22)19(24)14-27-20(25)17-7-1-2-8-18(17)28-15-16-6-3-13-26-16/h1-2,7-8,16H,3-6,11-15H2. The van der Waals surface area contributed by atoms with E-state index in [0.29, 0.717) is 5.56 Å². The Labute approximate surface area is 169 Å². The normalized spacial score (nSPS) is 15.4. The number of carbonyl (C=O) groups excluding carboxylic acids is 2. The summed E-state index contributed by atoms with van der Waals surface area (Å²) in [5.41, 5.74) is 0.416. The summed E-state index contributed by atoms with van der Waals surface area (Å²) in [4.78, 5) is 26.9. The van der Waals surface area contributed by atoms with Crippen LogP contribution in [0.4, 0.5) is 0 Å². The zero-order valence-electron chi connectivity index (χ0n) is 15.6. The molecular weight excluding hydrogens is 378 g/mol. The number of amides is 1. The highest BCUT2D eigenvalue weighted by Gasteiger charge is 2.20. The lowest BCUT2D eigenvalue weighted by atomic mass is 10.2. The van der Waals surface area contributed by atoms with Crippen molar-refractivity contribution in [3.8, 4) is 12.1 Å². The van der Waals surface area contributed by atoms with Crippen molar-refractivity contribution in [3.05, 3.63) is 29.8 Å². The van der Waals surface area contributed by atoms with E-state index in [1.165, 1.54) is 4.90 Å². The van der Waals surface area contributed by atoms with Gasteiger partial charge in [0.25, 0.3) is 5.91 Å². The second-order valence-electron chi connectivity index (χ2n) is 6.22. The van der Waals surface area contributed by atoms with Crippen LogP contribution in [-0.2, 0) is 14.3 Å². The van der Waals surface area contributed by atoms with Crippen molar-refractivity contribution in [2.45, 2.75) is 36.7 Å². The van der Waals surface area contributed by atoms with E-state index in [2.05, 4.69) is 0 Å². The van der Waals surface area contributed by atoms with Crippen LogP contribution in [0.15, 0.2) is 29.2 Å². The summed E-state index contributed by atoms with van der Waals surface area (Å²) >= 11 is 1.54. The Kier molecular flexibility index (Phi) is 9.33. The van der Waals surface area contributed by atoms with Crippen LogP contribution >= 0.6 is 11.8 Å². The van der Waals surface area contributed by atoms with E-state index in [9.17, 15) is 9.59 Å². The Hall–Kier alpha value is -2.55. The van der Waals surface area contributed by atoms with Crippen LogP contribution in [0.25, 0.3) is 0 Å². The third-order valence-electron chi connectivity index (χ3n) is 4.22. The minimum Gasteiger partial charge on any atom is -0.452 e. The maximum atomic E-state index is 12.5. The molecule has 1 aliphatic rings. The highest BCUT2D eigenvalue weighted by atomic mass is 32.2. The van der Waals surface area contributed by atoms with Gasteiger partial charge < -0.3 is 14.4 Å². The Morgan fingerprint density at radius 1 is 1.21 bits per heavy atom. The first-order valence-electron chi connectivity index (χ1n) is 9.18. The predicted octanol–water partition coefficient (Wildman–Crippen LogP) is 2.77. The zero-order valence-corrected chi connectivity index (χ0v) is 16.5. The van der Waals surface area contributed by atoms with Crippen LogP contribution in [0.5, 0.6) is 0 Å². The zero-order chi connectivity index (χ0) is 20.2. The quantitative estimate of drug-likeness (QED) is 0.438. The molecule has 28 heavy (non-hydrogen) atoms. The van der Waals surface area contributed by atoms with Gasteiger partial charge in [-0.2, -0.15) is 10.5 Å². The van der Waals surface area contributed by atoms with Gasteiger partial charge in [-0.25, -0.2) is 4.79 Å². The lowest BCUT2D eigenvalue weighted by Gasteiger charge is -2.20. The van der Waals surface area contributed by atoms with Crippen molar-refractivity contribution in [3.63, 3.8) is 0 Å². The third-order valence-corrected chi connectivity index (χ3v) is 5.43. The van der Waals surface area contributed by atoms with Gasteiger partial charge in [0.05, 0.1) is 36.6 Å². The topological polar surface area (TPSA) is 103 Å². The number of rotatable bonds is 10. The maximum absolute atomic E-state index is 12.5. The number of hydrogen-bond acceptors (Lipinski definition) is 7. The molecule has 1 aromatic carbocycles. The SMILES string of the molecule is N#CCCN(CCC#N)C(=O)COC(=O)c1ccccc1SCC1CCCO1. The van der Waals surface area contributed by atoms with E-state index in [-0.39, 0.29) is 32.0 Å². The van der Waals surface area contributed by atoms with Crippen LogP contribution in [0.2, 0.25) is 0 Å². The summed E-state index contributed by atoms with van der Waals surface area (Å²) in [5.74, 6) is -0.216. The van der Waals surface area contributed by atoms with E-state index in [0.717, 1.165) is 30.1 Å². The van der Waals surface area contributed by atoms with E-state index >= 15 is 0 Å². The van der Waals surface area contributed by atoms with Gasteiger partial charge >= 0.3 is 5.97 Å². The third kappa shape index (κ3) is 6.88. The molecule has 0 bridgehead atoms. The molecule has 1 aliphatic heterocycles. The molecule has 1 amide bonds. The first kappa shape index (κ1) is 21.7. The number of ether oxygens (including phenoxy) is 2. The number of carbonyl (C=O) groups is 2. The van der Waals surface area contributed by atoms with E-state index in [1.54, 1.807) is 23.9 Å². The Bertz CT molecular complexity index is 733. The van der Waals surface area contributed by atoms with Gasteiger partial charge in [0.15, 0.2) is 6.61 Å². The molecular formula is C20H23N3O4S. The van der Waals surface area contributed by atoms with E-state index < -0.39 is 18.5 Å². The lowest BCUT2D eigenvalue weighted by Crippen LogP contribution is -2.36. The average molecular weight is 401 g/mol. The molecule has 0 N–H and O–H groups in total. The van der Waals surface area contributed by atoms with Gasteiger partial charge in [-0.3, -0.25) is 4.79 Å². The molecule has 0 radical (unpaired) electrons. The van der Waals surface area contributed by atoms with Crippen LogP contribution < -0.4 is 0 Å². The van der Waals surface area contributed by atoms with Gasteiger partial charge in [-0.05, 0) is 25.0 Å². The molecule has 1 fully saturated rings. The van der Waals surface area contributed by atoms with Gasteiger partial charge in [0, 0.05) is 30.3 Å². The van der Waals surface area contributed by atoms with Crippen molar-refractivity contribution < 1.29 is 19.1 Å². The minimum absolute atomic E-state index is 0.161. The molecule has 1 saturated heterocycles. The van der Waals surface area contributed by atoms with Crippen LogP contribution in [-0.4, -0.2) is 54.9 Å². The molecule has 7 nitrogen and oxygen atoms in total. The fourth-order valence-corrected chi connectivity index (χ4v) is 3.86. The van der Waals surface area contributed by atoms with Crippen LogP contribution in [0, 0.1) is 22.7 Å². The summed E-state index contributed by atoms with van der Waals surface area (Å²) in [5, 5.41) is 17.4. The van der Waals surface area contributed by atoms with E-state index in [1.807, 2.05) is 24.3 Å². The molecule has 1 aromatic rings. The van der Waals surface area contributed by atoms with Crippen LogP contribution in [0.3, 0.4) is 0 Å². The molecule has 0 saturated carbocycles. The maximum Gasteiger partial charge on any atom is 0.339 e. The molecule has 1 atom stereocenters. The summed E-state index contributed by atoms with van der Waals surface area (Å²) in [6, 6.07) is 11.1. The molecule has 0 aliphatic carbocycles. The van der Waals surface area contributed by atoms with Gasteiger partial charge in [0.2, 0.25) is 0 Å². The second kappa shape index (κ2) is 12.0. The smallest absolute Gasteiger partial charge is 0.339 e. The molecule has 8 heteroatoms. The van der Waals surface area contributed by atoms with Crippen molar-refractivity contribution in [2.75, 3.05) is 32.1 Å². The fraction of sp³-hybridized carbons (Fsp3) is 0.500. The number of thioether (sulfide) groups is 1. The average Bonchev–Trinajstić information content (AvgIpc) is 3.24. The second-order valence-corrected chi connectivity index (χ2v) is 7.28. The monoisotopic (exact) mass is 401 g/mol. The summed E-state index contributed by atoms with van der Waals surface area (Å²) in [7, 11) is 0. The largest absolute Gasteiger partial charge is 0.452 e. The molecule has 148 valence electrons. The first-order valence-corrected chi connectivity index (χ1v) is 10.2. The van der Waals surface area contributed by atoms with Crippen LogP contribution in [0.1, 0.15) is 36.0 Å². The van der Waals surface area contributed by atoms with Crippen molar-refractivity contribution >= 4 is 23.6 Å². The number of esters is 1. The Balaban J connectivity index is 1.91. The summed E-state index contributed by atoms with van der Waals surface area (Å²) in [6.07, 6.45) is 2.60. The summed E-state index contributed by atoms with van der Waals surface area (Å²) in [6.45, 7) is 0.788. The highest BCUT2D eigenvalue weighted by molar-refractivity contribution is 7.99. The minimum atomic E-state index is -0.565. The number of hydrogen-bond donors (Lipinski definition) is 0. The fourth-order valence-electron chi connectivity index (χ4n) is 2.75. The van der Waals surface area contributed by atoms with Gasteiger partial charge in [0.1, 0.15) is 0 Å². The van der Waals surface area contributed by atoms with Gasteiger partial charge in [-0.1, -0.05) is 12.1 Å². The first-order chi connectivity index (χ1) is 13.7. The predicted molar refractivity (Wildman–Crippen MR) is 103 cm³/mol. The highest BCUT2D eigenvalue weighted by Crippen LogP contribution is 2.27. The molecule has 2 rings (SSSR count). The van der Waals surface area contributed by atoms with Crippen molar-refractivity contribution in [1.29, 1.82) is 10.5 Å². The molecule has 1 heterocycles.